The van der Waals surface area contributed by atoms with E-state index in [0.717, 1.165) is 29.6 Å². The van der Waals surface area contributed by atoms with E-state index >= 15 is 0 Å². The minimum atomic E-state index is -2.48. The Bertz CT molecular complexity index is 1800. The summed E-state index contributed by atoms with van der Waals surface area (Å²) in [5.74, 6) is -6.28. The third-order valence-electron chi connectivity index (χ3n) is 14.6. The number of fused-ring (bicyclic) bond motifs is 3. The van der Waals surface area contributed by atoms with Crippen molar-refractivity contribution in [1.82, 2.24) is 4.90 Å². The van der Waals surface area contributed by atoms with Gasteiger partial charge in [0.05, 0.1) is 31.0 Å². The fourth-order valence-electron chi connectivity index (χ4n) is 10.8. The molecule has 66 heavy (non-hydrogen) atoms. The van der Waals surface area contributed by atoms with Crippen LogP contribution in [0.25, 0.3) is 0 Å². The molecule has 1 amide bonds. The summed E-state index contributed by atoms with van der Waals surface area (Å²) in [5.41, 5.74) is 2.71. The van der Waals surface area contributed by atoms with E-state index in [-0.39, 0.29) is 67.7 Å². The number of ketones is 2. The minimum absolute atomic E-state index is 0.0752. The summed E-state index contributed by atoms with van der Waals surface area (Å²) in [5, 5.41) is 23.0. The molecule has 3 fully saturated rings. The quantitative estimate of drug-likeness (QED) is 0.118. The summed E-state index contributed by atoms with van der Waals surface area (Å²) in [6.45, 7) is 14.7. The molecule has 370 valence electrons. The first kappa shape index (κ1) is 53.7. The molecule has 0 spiro atoms. The van der Waals surface area contributed by atoms with Gasteiger partial charge in [0.25, 0.3) is 11.7 Å². The van der Waals surface area contributed by atoms with Gasteiger partial charge in [-0.3, -0.25) is 14.4 Å². The molecule has 0 aromatic heterocycles. The number of hydrogen-bond acceptors (Lipinski definition) is 12. The van der Waals surface area contributed by atoms with Crippen molar-refractivity contribution in [2.24, 2.45) is 29.6 Å². The molecule has 5 rings (SSSR count). The molecule has 13 nitrogen and oxygen atoms in total. The molecule has 2 N–H and O–H groups in total. The number of nitrogens with zero attached hydrogens (tertiary/aromatic N) is 1. The average molecular weight is 924 g/mol. The molecule has 0 radical (unpaired) electrons. The Kier molecular flexibility index (Phi) is 20.6. The van der Waals surface area contributed by atoms with Crippen LogP contribution in [-0.4, -0.2) is 121 Å². The molecule has 3 aliphatic heterocycles. The molecule has 2 bridgehead atoms. The summed E-state index contributed by atoms with van der Waals surface area (Å²) < 4.78 is 37.3. The van der Waals surface area contributed by atoms with Crippen molar-refractivity contribution in [1.29, 1.82) is 0 Å². The second-order valence-corrected chi connectivity index (χ2v) is 19.9. The Morgan fingerprint density at radius 3 is 2.30 bits per heavy atom. The second kappa shape index (κ2) is 25.3. The predicted octanol–water partition coefficient (Wildman–Crippen LogP) is 8.04. The number of piperidine rings is 1. The number of allylic oxidation sites excluding steroid dienone is 3. The fraction of sp³-hybridized carbons (Fsp3) is 0.736. The highest BCUT2D eigenvalue weighted by Gasteiger charge is 2.56. The van der Waals surface area contributed by atoms with E-state index in [1.807, 2.05) is 58.0 Å². The van der Waals surface area contributed by atoms with Gasteiger partial charge in [-0.25, -0.2) is 4.79 Å². The highest BCUT2D eigenvalue weighted by atomic mass is 16.7. The highest BCUT2D eigenvalue weighted by molar-refractivity contribution is 6.39. The van der Waals surface area contributed by atoms with Crippen LogP contribution in [0.3, 0.4) is 0 Å². The van der Waals surface area contributed by atoms with Crippen molar-refractivity contribution in [2.45, 2.75) is 186 Å². The van der Waals surface area contributed by atoms with E-state index in [1.165, 1.54) is 4.90 Å². The van der Waals surface area contributed by atoms with Gasteiger partial charge in [0.1, 0.15) is 30.1 Å². The first-order valence-corrected chi connectivity index (χ1v) is 24.9. The van der Waals surface area contributed by atoms with Crippen LogP contribution in [-0.2, 0) is 47.6 Å². The smallest absolute Gasteiger partial charge is 0.329 e. The lowest BCUT2D eigenvalue weighted by atomic mass is 9.82. The molecule has 14 atom stereocenters. The van der Waals surface area contributed by atoms with Crippen LogP contribution in [0.4, 0.5) is 0 Å². The molecule has 13 heteroatoms. The van der Waals surface area contributed by atoms with Crippen LogP contribution in [0.2, 0.25) is 0 Å². The first-order chi connectivity index (χ1) is 31.5. The van der Waals surface area contributed by atoms with Gasteiger partial charge in [-0.2, -0.15) is 0 Å². The van der Waals surface area contributed by atoms with Crippen LogP contribution >= 0.6 is 0 Å². The second-order valence-electron chi connectivity index (χ2n) is 19.9. The fourth-order valence-corrected chi connectivity index (χ4v) is 10.8. The molecule has 1 aliphatic carbocycles. The molecular formula is C53H81NO12. The molecule has 14 unspecified atom stereocenters. The number of carbonyl (C=O) groups is 4. The number of cyclic esters (lactones) is 1. The van der Waals surface area contributed by atoms with Crippen molar-refractivity contribution in [3.63, 3.8) is 0 Å². The van der Waals surface area contributed by atoms with E-state index in [1.54, 1.807) is 21.1 Å². The van der Waals surface area contributed by atoms with Crippen LogP contribution in [0.5, 0.6) is 0 Å². The SMILES string of the molecule is CCCOC1CC(C=C(C)C2OC(=O)C3CCCCN3C(=O)C(=O)C3(O)OC(C(OC)CC(C)CC(C)=CC(CC)C(=O)CCC2C)C(OC)CC3C)CCC1OCC(O)c1ccccc1. The largest absolute Gasteiger partial charge is 0.456 e. The Morgan fingerprint density at radius 1 is 0.909 bits per heavy atom. The maximum Gasteiger partial charge on any atom is 0.329 e. The zero-order chi connectivity index (χ0) is 48.1. The molecule has 1 aromatic carbocycles. The number of hydrogen-bond donors (Lipinski definition) is 2. The number of Topliss-reactive ketones (excluding diaryl/α,β-unsaturated/α-hetero) is 2. The van der Waals surface area contributed by atoms with Crippen LogP contribution in [0, 0.1) is 29.6 Å². The van der Waals surface area contributed by atoms with Crippen molar-refractivity contribution < 1.29 is 57.8 Å². The summed E-state index contributed by atoms with van der Waals surface area (Å²) in [6.07, 6.45) is 7.77. The minimum Gasteiger partial charge on any atom is -0.456 e. The van der Waals surface area contributed by atoms with Gasteiger partial charge in [0.2, 0.25) is 5.79 Å². The standard InChI is InChI=1S/C53H81NO12/c1-10-25-63-45-31-38(21-23-44(45)64-32-43(56)40-17-13-12-14-18-40)29-36(6)48-35(5)20-22-42(55)39(11-2)27-33(3)26-34(4)28-46(61-8)49-47(62-9)30-37(7)53(60,66-49)50(57)51(58)54-24-16-15-19-41(54)52(59)65-48/h12-14,17-18,27,29,34-35,37-39,41,43-49,56,60H,10-11,15-16,19-26,28,30-32H2,1-9H3. The van der Waals surface area contributed by atoms with Crippen molar-refractivity contribution >= 4 is 23.4 Å². The Labute approximate surface area is 394 Å². The van der Waals surface area contributed by atoms with E-state index < -0.39 is 65.9 Å². The molecular weight excluding hydrogens is 843 g/mol. The van der Waals surface area contributed by atoms with Gasteiger partial charge in [-0.05, 0) is 120 Å². The molecule has 1 saturated carbocycles. The third kappa shape index (κ3) is 13.7. The Morgan fingerprint density at radius 2 is 1.62 bits per heavy atom. The average Bonchev–Trinajstić information content (AvgIpc) is 3.32. The molecule has 4 aliphatic rings. The van der Waals surface area contributed by atoms with Crippen molar-refractivity contribution in [3.8, 4) is 0 Å². The number of aliphatic hydroxyl groups excluding tert-OH is 1. The molecule has 2 saturated heterocycles. The van der Waals surface area contributed by atoms with Gasteiger partial charge in [0, 0.05) is 45.6 Å². The van der Waals surface area contributed by atoms with Crippen molar-refractivity contribution in [2.75, 3.05) is 34.0 Å². The van der Waals surface area contributed by atoms with Gasteiger partial charge in [-0.15, -0.1) is 0 Å². The maximum atomic E-state index is 14.5. The number of esters is 1. The number of ether oxygens (including phenoxy) is 6. The van der Waals surface area contributed by atoms with Gasteiger partial charge in [0.15, 0.2) is 0 Å². The molecule has 3 heterocycles. The topological polar surface area (TPSA) is 167 Å². The van der Waals surface area contributed by atoms with Crippen LogP contribution in [0.1, 0.15) is 144 Å². The number of rotatable bonds is 12. The highest BCUT2D eigenvalue weighted by Crippen LogP contribution is 2.39. The number of amides is 1. The summed E-state index contributed by atoms with van der Waals surface area (Å²) in [7, 11) is 3.11. The number of aliphatic hydroxyl groups is 2. The first-order valence-electron chi connectivity index (χ1n) is 24.9. The zero-order valence-electron chi connectivity index (χ0n) is 41.3. The lowest BCUT2D eigenvalue weighted by Gasteiger charge is -2.47. The van der Waals surface area contributed by atoms with E-state index in [4.69, 9.17) is 28.4 Å². The number of methoxy groups -OCH3 is 2. The van der Waals surface area contributed by atoms with E-state index in [2.05, 4.69) is 26.0 Å². The maximum absolute atomic E-state index is 14.5. The van der Waals surface area contributed by atoms with E-state index in [9.17, 15) is 29.4 Å². The number of carbonyl (C=O) groups excluding carboxylic acids is 4. The predicted molar refractivity (Wildman–Crippen MR) is 251 cm³/mol. The monoisotopic (exact) mass is 924 g/mol. The lowest BCUT2D eigenvalue weighted by molar-refractivity contribution is -0.302. The zero-order valence-corrected chi connectivity index (χ0v) is 41.3. The normalized spacial score (nSPS) is 35.6. The summed E-state index contributed by atoms with van der Waals surface area (Å²) in [6, 6.07) is 8.41. The Hall–Kier alpha value is -3.30. The number of benzene rings is 1. The lowest BCUT2D eigenvalue weighted by Crippen LogP contribution is -2.64. The summed E-state index contributed by atoms with van der Waals surface area (Å²) >= 11 is 0. The van der Waals surface area contributed by atoms with Gasteiger partial charge in [-0.1, -0.05) is 82.7 Å². The third-order valence-corrected chi connectivity index (χ3v) is 14.6. The van der Waals surface area contributed by atoms with Crippen LogP contribution < -0.4 is 0 Å². The van der Waals surface area contributed by atoms with Gasteiger partial charge >= 0.3 is 5.97 Å². The van der Waals surface area contributed by atoms with Crippen LogP contribution in [0.15, 0.2) is 53.6 Å². The Balaban J connectivity index is 1.44. The van der Waals surface area contributed by atoms with E-state index in [0.29, 0.717) is 64.4 Å². The van der Waals surface area contributed by atoms with Crippen molar-refractivity contribution in [3.05, 3.63) is 59.2 Å². The summed E-state index contributed by atoms with van der Waals surface area (Å²) in [4.78, 5) is 58.5. The van der Waals surface area contributed by atoms with Gasteiger partial charge < -0.3 is 43.5 Å². The molecule has 1 aromatic rings.